The van der Waals surface area contributed by atoms with E-state index in [1.165, 1.54) is 11.8 Å². The number of aryl methyl sites for hydroxylation is 1. The minimum absolute atomic E-state index is 0.150. The van der Waals surface area contributed by atoms with Gasteiger partial charge in [-0.3, -0.25) is 0 Å². The summed E-state index contributed by atoms with van der Waals surface area (Å²) in [6, 6.07) is 7.01. The summed E-state index contributed by atoms with van der Waals surface area (Å²) in [4.78, 5) is 11.2. The van der Waals surface area contributed by atoms with Gasteiger partial charge < -0.3 is 9.84 Å². The fourth-order valence-electron chi connectivity index (χ4n) is 2.09. The summed E-state index contributed by atoms with van der Waals surface area (Å²) >= 11 is 0. The fourth-order valence-corrected chi connectivity index (χ4v) is 2.09. The van der Waals surface area contributed by atoms with Crippen LogP contribution in [0.15, 0.2) is 18.2 Å². The summed E-state index contributed by atoms with van der Waals surface area (Å²) in [5.74, 6) is -0.462. The van der Waals surface area contributed by atoms with Gasteiger partial charge in [0.15, 0.2) is 0 Å². The number of nitriles is 1. The zero-order valence-corrected chi connectivity index (χ0v) is 11.3. The molecule has 0 unspecified atom stereocenters. The van der Waals surface area contributed by atoms with Gasteiger partial charge in [-0.05, 0) is 26.0 Å². The second-order valence-corrected chi connectivity index (χ2v) is 4.26. The Hall–Kier alpha value is -2.81. The van der Waals surface area contributed by atoms with Gasteiger partial charge >= 0.3 is 5.97 Å². The molecule has 1 aromatic heterocycles. The summed E-state index contributed by atoms with van der Waals surface area (Å²) in [6.45, 7) is 3.28. The van der Waals surface area contributed by atoms with Crippen molar-refractivity contribution < 1.29 is 14.6 Å². The Balaban J connectivity index is 2.72. The molecule has 20 heavy (non-hydrogen) atoms. The van der Waals surface area contributed by atoms with Crippen LogP contribution in [0, 0.1) is 25.2 Å². The van der Waals surface area contributed by atoms with Crippen LogP contribution in [-0.4, -0.2) is 28.0 Å². The molecular weight excluding hydrogens is 258 g/mol. The van der Waals surface area contributed by atoms with E-state index in [0.717, 1.165) is 0 Å². The molecule has 1 heterocycles. The maximum Gasteiger partial charge on any atom is 0.339 e. The molecule has 0 amide bonds. The predicted octanol–water partition coefficient (Wildman–Crippen LogP) is 2.07. The van der Waals surface area contributed by atoms with Crippen molar-refractivity contribution in [2.45, 2.75) is 13.8 Å². The van der Waals surface area contributed by atoms with Crippen molar-refractivity contribution in [1.82, 2.24) is 9.78 Å². The van der Waals surface area contributed by atoms with Crippen LogP contribution in [-0.2, 0) is 0 Å². The zero-order chi connectivity index (χ0) is 14.9. The van der Waals surface area contributed by atoms with Gasteiger partial charge in [-0.15, -0.1) is 0 Å². The minimum Gasteiger partial charge on any atom is -0.497 e. The molecule has 0 saturated heterocycles. The average molecular weight is 271 g/mol. The lowest BCUT2D eigenvalue weighted by Gasteiger charge is -2.09. The first-order valence-corrected chi connectivity index (χ1v) is 5.87. The van der Waals surface area contributed by atoms with Gasteiger partial charge in [0, 0.05) is 6.07 Å². The van der Waals surface area contributed by atoms with Gasteiger partial charge in [-0.1, -0.05) is 0 Å². The highest BCUT2D eigenvalue weighted by Crippen LogP contribution is 2.24. The van der Waals surface area contributed by atoms with Crippen molar-refractivity contribution >= 4 is 5.97 Å². The van der Waals surface area contributed by atoms with Gasteiger partial charge in [0.05, 0.1) is 29.7 Å². The van der Waals surface area contributed by atoms with Gasteiger partial charge in [0.1, 0.15) is 17.4 Å². The largest absolute Gasteiger partial charge is 0.497 e. The first-order chi connectivity index (χ1) is 9.49. The van der Waals surface area contributed by atoms with Gasteiger partial charge in [0.25, 0.3) is 0 Å². The third-order valence-corrected chi connectivity index (χ3v) is 3.06. The normalized spacial score (nSPS) is 10.1. The molecule has 0 bridgehead atoms. The average Bonchev–Trinajstić information content (AvgIpc) is 2.73. The van der Waals surface area contributed by atoms with Crippen LogP contribution < -0.4 is 4.74 Å². The molecule has 1 aromatic carbocycles. The molecule has 2 aromatic rings. The molecular formula is C14H13N3O3. The molecule has 1 N–H and O–H groups in total. The van der Waals surface area contributed by atoms with Crippen LogP contribution in [0.25, 0.3) is 5.69 Å². The first kappa shape index (κ1) is 13.6. The molecule has 6 heteroatoms. The van der Waals surface area contributed by atoms with Crippen molar-refractivity contribution in [1.29, 1.82) is 5.26 Å². The monoisotopic (exact) mass is 271 g/mol. The van der Waals surface area contributed by atoms with E-state index >= 15 is 0 Å². The molecule has 2 rings (SSSR count). The van der Waals surface area contributed by atoms with Crippen molar-refractivity contribution in [2.24, 2.45) is 0 Å². The number of aromatic nitrogens is 2. The van der Waals surface area contributed by atoms with Crippen LogP contribution in [0.2, 0.25) is 0 Å². The molecule has 0 atom stereocenters. The molecule has 0 fully saturated rings. The highest BCUT2D eigenvalue weighted by atomic mass is 16.5. The Morgan fingerprint density at radius 3 is 2.65 bits per heavy atom. The lowest BCUT2D eigenvalue weighted by atomic mass is 10.1. The van der Waals surface area contributed by atoms with Gasteiger partial charge in [-0.25, -0.2) is 9.48 Å². The fraction of sp³-hybridized carbons (Fsp3) is 0.214. The number of hydrogen-bond acceptors (Lipinski definition) is 4. The number of nitrogens with zero attached hydrogens (tertiary/aromatic N) is 3. The zero-order valence-electron chi connectivity index (χ0n) is 11.3. The van der Waals surface area contributed by atoms with Crippen LogP contribution in [0.4, 0.5) is 0 Å². The number of carboxylic acid groups (broad SMARTS) is 1. The topological polar surface area (TPSA) is 88.1 Å². The van der Waals surface area contributed by atoms with E-state index in [2.05, 4.69) is 11.2 Å². The van der Waals surface area contributed by atoms with E-state index in [9.17, 15) is 15.2 Å². The van der Waals surface area contributed by atoms with Crippen LogP contribution >= 0.6 is 0 Å². The third-order valence-electron chi connectivity index (χ3n) is 3.06. The Morgan fingerprint density at radius 1 is 1.45 bits per heavy atom. The SMILES string of the molecule is COc1ccc(C#N)c(-n2nc(C)c(C(=O)O)c2C)c1. The van der Waals surface area contributed by atoms with E-state index in [1.807, 2.05) is 0 Å². The number of benzene rings is 1. The number of carbonyl (C=O) groups is 1. The van der Waals surface area contributed by atoms with E-state index in [1.54, 1.807) is 32.0 Å². The Morgan fingerprint density at radius 2 is 2.15 bits per heavy atom. The molecule has 6 nitrogen and oxygen atoms in total. The standard InChI is InChI=1S/C14H13N3O3/c1-8-13(14(18)19)9(2)17(16-8)12-6-11(20-3)5-4-10(12)7-15/h4-6H,1-3H3,(H,18,19). The summed E-state index contributed by atoms with van der Waals surface area (Å²) in [6.07, 6.45) is 0. The summed E-state index contributed by atoms with van der Waals surface area (Å²) in [7, 11) is 1.52. The molecule has 102 valence electrons. The van der Waals surface area contributed by atoms with Gasteiger partial charge in [0.2, 0.25) is 0 Å². The Bertz CT molecular complexity index is 726. The summed E-state index contributed by atoms with van der Waals surface area (Å²) in [5, 5.41) is 22.6. The molecule has 0 saturated carbocycles. The number of ether oxygens (including phenoxy) is 1. The minimum atomic E-state index is -1.03. The molecule has 0 radical (unpaired) electrons. The maximum absolute atomic E-state index is 11.2. The second kappa shape index (κ2) is 5.05. The van der Waals surface area contributed by atoms with E-state index in [-0.39, 0.29) is 5.56 Å². The maximum atomic E-state index is 11.2. The second-order valence-electron chi connectivity index (χ2n) is 4.26. The van der Waals surface area contributed by atoms with Crippen molar-refractivity contribution in [2.75, 3.05) is 7.11 Å². The number of methoxy groups -OCH3 is 1. The van der Waals surface area contributed by atoms with Crippen molar-refractivity contribution in [3.63, 3.8) is 0 Å². The highest BCUT2D eigenvalue weighted by Gasteiger charge is 2.20. The quantitative estimate of drug-likeness (QED) is 0.923. The van der Waals surface area contributed by atoms with Crippen molar-refractivity contribution in [3.05, 3.63) is 40.7 Å². The lowest BCUT2D eigenvalue weighted by molar-refractivity contribution is 0.0695. The predicted molar refractivity (Wildman–Crippen MR) is 71.3 cm³/mol. The highest BCUT2D eigenvalue weighted by molar-refractivity contribution is 5.90. The smallest absolute Gasteiger partial charge is 0.339 e. The van der Waals surface area contributed by atoms with Crippen LogP contribution in [0.5, 0.6) is 5.75 Å². The Labute approximate surface area is 115 Å². The first-order valence-electron chi connectivity index (χ1n) is 5.87. The van der Waals surface area contributed by atoms with Gasteiger partial charge in [-0.2, -0.15) is 10.4 Å². The summed E-state index contributed by atoms with van der Waals surface area (Å²) in [5.41, 5.74) is 1.92. The molecule has 0 aliphatic rings. The number of carboxylic acids is 1. The summed E-state index contributed by atoms with van der Waals surface area (Å²) < 4.78 is 6.59. The molecule has 0 spiro atoms. The Kier molecular flexibility index (Phi) is 3.44. The van der Waals surface area contributed by atoms with E-state index in [4.69, 9.17) is 4.74 Å². The number of aromatic carboxylic acids is 1. The van der Waals surface area contributed by atoms with Crippen molar-refractivity contribution in [3.8, 4) is 17.5 Å². The molecule has 0 aliphatic heterocycles. The number of rotatable bonds is 3. The van der Waals surface area contributed by atoms with E-state index < -0.39 is 5.97 Å². The third kappa shape index (κ3) is 2.10. The lowest BCUT2D eigenvalue weighted by Crippen LogP contribution is -2.04. The van der Waals surface area contributed by atoms with Crippen LogP contribution in [0.3, 0.4) is 0 Å². The number of hydrogen-bond donors (Lipinski definition) is 1. The van der Waals surface area contributed by atoms with E-state index in [0.29, 0.717) is 28.4 Å². The molecule has 0 aliphatic carbocycles. The van der Waals surface area contributed by atoms with Crippen LogP contribution in [0.1, 0.15) is 27.3 Å².